The second-order valence-electron chi connectivity index (χ2n) is 4.48. The van der Waals surface area contributed by atoms with Gasteiger partial charge >= 0.3 is 0 Å². The summed E-state index contributed by atoms with van der Waals surface area (Å²) in [5.74, 6) is 0.737. The highest BCUT2D eigenvalue weighted by Gasteiger charge is 2.17. The number of fused-ring (bicyclic) bond motifs is 1. The lowest BCUT2D eigenvalue weighted by atomic mass is 10.0. The first-order valence-electron chi connectivity index (χ1n) is 6.18. The van der Waals surface area contributed by atoms with Gasteiger partial charge in [0.1, 0.15) is 11.9 Å². The molecule has 0 amide bonds. The molecule has 3 aromatic rings. The van der Waals surface area contributed by atoms with Gasteiger partial charge in [0.25, 0.3) is 0 Å². The van der Waals surface area contributed by atoms with Crippen molar-refractivity contribution in [2.45, 2.75) is 6.10 Å². The minimum Gasteiger partial charge on any atom is -0.497 e. The SMILES string of the molecule is COc1ccc(Br)c(C(O)c2cccc3ccsc23)c1. The van der Waals surface area contributed by atoms with Crippen LogP contribution in [0, 0.1) is 0 Å². The van der Waals surface area contributed by atoms with Gasteiger partial charge < -0.3 is 9.84 Å². The van der Waals surface area contributed by atoms with Crippen molar-refractivity contribution in [1.82, 2.24) is 0 Å². The highest BCUT2D eigenvalue weighted by atomic mass is 79.9. The topological polar surface area (TPSA) is 29.5 Å². The smallest absolute Gasteiger partial charge is 0.119 e. The number of rotatable bonds is 3. The van der Waals surface area contributed by atoms with Crippen LogP contribution in [-0.4, -0.2) is 12.2 Å². The normalized spacial score (nSPS) is 12.6. The van der Waals surface area contributed by atoms with E-state index in [0.29, 0.717) is 0 Å². The molecule has 1 aromatic heterocycles. The van der Waals surface area contributed by atoms with Crippen LogP contribution in [0.25, 0.3) is 10.1 Å². The largest absolute Gasteiger partial charge is 0.497 e. The second-order valence-corrected chi connectivity index (χ2v) is 6.25. The molecule has 2 nitrogen and oxygen atoms in total. The average molecular weight is 349 g/mol. The van der Waals surface area contributed by atoms with Crippen LogP contribution in [0.1, 0.15) is 17.2 Å². The number of halogens is 1. The molecule has 0 aliphatic carbocycles. The first-order valence-corrected chi connectivity index (χ1v) is 7.85. The Morgan fingerprint density at radius 1 is 1.15 bits per heavy atom. The molecule has 0 radical (unpaired) electrons. The van der Waals surface area contributed by atoms with E-state index >= 15 is 0 Å². The van der Waals surface area contributed by atoms with E-state index in [9.17, 15) is 5.11 Å². The third-order valence-corrected chi connectivity index (χ3v) is 5.00. The monoisotopic (exact) mass is 348 g/mol. The van der Waals surface area contributed by atoms with Crippen LogP contribution in [0.4, 0.5) is 0 Å². The molecular weight excluding hydrogens is 336 g/mol. The molecule has 1 N–H and O–H groups in total. The first-order chi connectivity index (χ1) is 9.70. The zero-order valence-electron chi connectivity index (χ0n) is 10.8. The van der Waals surface area contributed by atoms with E-state index in [-0.39, 0.29) is 0 Å². The molecule has 0 aliphatic heterocycles. The van der Waals surface area contributed by atoms with Crippen molar-refractivity contribution in [3.8, 4) is 5.75 Å². The van der Waals surface area contributed by atoms with Gasteiger partial charge in [-0.15, -0.1) is 11.3 Å². The maximum atomic E-state index is 10.7. The highest BCUT2D eigenvalue weighted by Crippen LogP contribution is 2.36. The fourth-order valence-electron chi connectivity index (χ4n) is 2.26. The van der Waals surface area contributed by atoms with Gasteiger partial charge in [-0.1, -0.05) is 34.1 Å². The summed E-state index contributed by atoms with van der Waals surface area (Å²) in [6.07, 6.45) is -0.679. The fourth-order valence-corrected chi connectivity index (χ4v) is 3.66. The molecule has 20 heavy (non-hydrogen) atoms. The summed E-state index contributed by atoms with van der Waals surface area (Å²) in [7, 11) is 1.62. The Morgan fingerprint density at radius 3 is 2.80 bits per heavy atom. The molecule has 0 spiro atoms. The molecule has 0 saturated heterocycles. The van der Waals surface area contributed by atoms with Crippen LogP contribution in [0.3, 0.4) is 0 Å². The maximum absolute atomic E-state index is 10.7. The molecule has 1 unspecified atom stereocenters. The molecule has 0 aliphatic rings. The Morgan fingerprint density at radius 2 is 2.00 bits per heavy atom. The van der Waals surface area contributed by atoms with Gasteiger partial charge in [0, 0.05) is 20.3 Å². The summed E-state index contributed by atoms with van der Waals surface area (Å²) in [6.45, 7) is 0. The molecule has 102 valence electrons. The van der Waals surface area contributed by atoms with Crippen molar-refractivity contribution >= 4 is 37.4 Å². The Bertz CT molecular complexity index is 751. The zero-order valence-corrected chi connectivity index (χ0v) is 13.2. The van der Waals surface area contributed by atoms with E-state index in [0.717, 1.165) is 31.4 Å². The van der Waals surface area contributed by atoms with Crippen LogP contribution in [-0.2, 0) is 0 Å². The summed E-state index contributed by atoms with van der Waals surface area (Å²) in [6, 6.07) is 13.7. The van der Waals surface area contributed by atoms with E-state index < -0.39 is 6.10 Å². The molecule has 1 atom stereocenters. The van der Waals surface area contributed by atoms with E-state index in [1.807, 2.05) is 35.7 Å². The predicted molar refractivity (Wildman–Crippen MR) is 86.6 cm³/mol. The lowest BCUT2D eigenvalue weighted by molar-refractivity contribution is 0.220. The number of hydrogen-bond acceptors (Lipinski definition) is 3. The van der Waals surface area contributed by atoms with Crippen molar-refractivity contribution in [2.75, 3.05) is 7.11 Å². The van der Waals surface area contributed by atoms with Gasteiger partial charge in [-0.3, -0.25) is 0 Å². The number of aliphatic hydroxyl groups is 1. The van der Waals surface area contributed by atoms with Crippen molar-refractivity contribution < 1.29 is 9.84 Å². The summed E-state index contributed by atoms with van der Waals surface area (Å²) >= 11 is 5.15. The van der Waals surface area contributed by atoms with E-state index in [2.05, 4.69) is 28.1 Å². The van der Waals surface area contributed by atoms with Crippen molar-refractivity contribution in [3.05, 3.63) is 63.4 Å². The minimum absolute atomic E-state index is 0.679. The molecule has 1 heterocycles. The molecule has 4 heteroatoms. The first kappa shape index (κ1) is 13.6. The lowest BCUT2D eigenvalue weighted by Crippen LogP contribution is -2.01. The number of thiophene rings is 1. The van der Waals surface area contributed by atoms with E-state index in [1.54, 1.807) is 18.4 Å². The van der Waals surface area contributed by atoms with Crippen molar-refractivity contribution in [1.29, 1.82) is 0 Å². The Kier molecular flexibility index (Phi) is 3.78. The van der Waals surface area contributed by atoms with Crippen LogP contribution >= 0.6 is 27.3 Å². The lowest BCUT2D eigenvalue weighted by Gasteiger charge is -2.15. The van der Waals surface area contributed by atoms with Crippen LogP contribution in [0.2, 0.25) is 0 Å². The van der Waals surface area contributed by atoms with E-state index in [1.165, 1.54) is 0 Å². The van der Waals surface area contributed by atoms with Gasteiger partial charge in [-0.05, 0) is 35.0 Å². The molecular formula is C16H13BrO2S. The highest BCUT2D eigenvalue weighted by molar-refractivity contribution is 9.10. The number of aliphatic hydroxyl groups excluding tert-OH is 1. The Balaban J connectivity index is 2.12. The Labute approximate surface area is 129 Å². The molecule has 3 rings (SSSR count). The quantitative estimate of drug-likeness (QED) is 0.739. The van der Waals surface area contributed by atoms with Crippen LogP contribution in [0.5, 0.6) is 5.75 Å². The third kappa shape index (κ3) is 2.35. The number of hydrogen-bond donors (Lipinski definition) is 1. The summed E-state index contributed by atoms with van der Waals surface area (Å²) in [5.41, 5.74) is 1.73. The summed E-state index contributed by atoms with van der Waals surface area (Å²) < 4.78 is 7.23. The van der Waals surface area contributed by atoms with Gasteiger partial charge in [-0.25, -0.2) is 0 Å². The second kappa shape index (κ2) is 5.56. The number of methoxy groups -OCH3 is 1. The molecule has 0 fully saturated rings. The molecule has 2 aromatic carbocycles. The average Bonchev–Trinajstić information content (AvgIpc) is 2.95. The standard InChI is InChI=1S/C16H13BrO2S/c1-19-11-5-6-14(17)13(9-11)15(18)12-4-2-3-10-7-8-20-16(10)12/h2-9,15,18H,1H3. The van der Waals surface area contributed by atoms with Gasteiger partial charge in [0.15, 0.2) is 0 Å². The summed E-state index contributed by atoms with van der Waals surface area (Å²) in [5, 5.41) is 13.9. The fraction of sp³-hybridized carbons (Fsp3) is 0.125. The third-order valence-electron chi connectivity index (χ3n) is 3.30. The van der Waals surface area contributed by atoms with Gasteiger partial charge in [-0.2, -0.15) is 0 Å². The Hall–Kier alpha value is -1.36. The number of ether oxygens (including phenoxy) is 1. The predicted octanol–water partition coefficient (Wildman–Crippen LogP) is 4.75. The van der Waals surface area contributed by atoms with Crippen molar-refractivity contribution in [2.24, 2.45) is 0 Å². The zero-order chi connectivity index (χ0) is 14.1. The van der Waals surface area contributed by atoms with Gasteiger partial charge in [0.05, 0.1) is 7.11 Å². The van der Waals surface area contributed by atoms with Gasteiger partial charge in [0.2, 0.25) is 0 Å². The summed E-state index contributed by atoms with van der Waals surface area (Å²) in [4.78, 5) is 0. The number of benzene rings is 2. The minimum atomic E-state index is -0.679. The molecule has 0 bridgehead atoms. The molecule has 0 saturated carbocycles. The van der Waals surface area contributed by atoms with Crippen molar-refractivity contribution in [3.63, 3.8) is 0 Å². The van der Waals surface area contributed by atoms with Crippen LogP contribution in [0.15, 0.2) is 52.3 Å². The van der Waals surface area contributed by atoms with Crippen LogP contribution < -0.4 is 4.74 Å². The maximum Gasteiger partial charge on any atom is 0.119 e. The van der Waals surface area contributed by atoms with E-state index in [4.69, 9.17) is 4.74 Å².